The molecule has 2 aromatic carbocycles. The molecule has 0 bridgehead atoms. The van der Waals surface area contributed by atoms with Crippen LogP contribution < -0.4 is 20.6 Å². The Kier molecular flexibility index (Phi) is 6.09. The number of nitrogens with zero attached hydrogens (tertiary/aromatic N) is 4. The lowest BCUT2D eigenvalue weighted by Crippen LogP contribution is -2.36. The van der Waals surface area contributed by atoms with Crippen molar-refractivity contribution in [2.45, 2.75) is 6.92 Å². The number of imidazole rings is 1. The number of amidine groups is 1. The van der Waals surface area contributed by atoms with Crippen LogP contribution in [0.15, 0.2) is 53.3 Å². The van der Waals surface area contributed by atoms with E-state index in [2.05, 4.69) is 15.4 Å². The average molecular weight is 447 g/mol. The molecular weight excluding hydrogens is 422 g/mol. The summed E-state index contributed by atoms with van der Waals surface area (Å²) >= 11 is 0. The quantitative estimate of drug-likeness (QED) is 0.226. The second-order valence-corrected chi connectivity index (χ2v) is 7.37. The number of methoxy groups -OCH3 is 1. The Balaban J connectivity index is 1.98. The van der Waals surface area contributed by atoms with E-state index >= 15 is 0 Å². The summed E-state index contributed by atoms with van der Waals surface area (Å²) in [5, 5.41) is 10.2. The standard InChI is InChI=1S/C23H25N7O3/c1-5-33-15-12-10-14(11-13-15)21-25-18(20(24)28-29(2)3)19-22(27-21)30(23(31)26-19)16-8-6-7-9-17(16)32-4/h6-13H,5H2,1-4H3,(H2,24,28)(H,26,31). The molecule has 170 valence electrons. The first-order valence-electron chi connectivity index (χ1n) is 10.3. The fraction of sp³-hybridized carbons (Fsp3) is 0.217. The van der Waals surface area contributed by atoms with Gasteiger partial charge >= 0.3 is 5.69 Å². The van der Waals surface area contributed by atoms with E-state index in [0.717, 1.165) is 11.3 Å². The van der Waals surface area contributed by atoms with Crippen LogP contribution in [0.2, 0.25) is 0 Å². The first kappa shape index (κ1) is 22.0. The normalized spacial score (nSPS) is 11.1. The summed E-state index contributed by atoms with van der Waals surface area (Å²) in [6.45, 7) is 2.48. The number of ether oxygens (including phenoxy) is 2. The van der Waals surface area contributed by atoms with Gasteiger partial charge < -0.3 is 19.9 Å². The minimum atomic E-state index is -0.411. The van der Waals surface area contributed by atoms with Crippen LogP contribution in [0.3, 0.4) is 0 Å². The number of aromatic amines is 1. The van der Waals surface area contributed by atoms with Gasteiger partial charge in [-0.2, -0.15) is 0 Å². The van der Waals surface area contributed by atoms with Gasteiger partial charge in [-0.3, -0.25) is 5.41 Å². The van der Waals surface area contributed by atoms with Gasteiger partial charge in [-0.1, -0.05) is 12.1 Å². The third kappa shape index (κ3) is 4.28. The topological polar surface area (TPSA) is 121 Å². The summed E-state index contributed by atoms with van der Waals surface area (Å²) in [5.41, 5.74) is 4.69. The Bertz CT molecular complexity index is 1360. The lowest BCUT2D eigenvalue weighted by Gasteiger charge is -2.15. The van der Waals surface area contributed by atoms with Crippen molar-refractivity contribution in [2.75, 3.05) is 27.8 Å². The molecule has 0 saturated carbocycles. The first-order valence-corrected chi connectivity index (χ1v) is 10.3. The zero-order valence-electron chi connectivity index (χ0n) is 18.8. The molecule has 0 atom stereocenters. The second kappa shape index (κ2) is 9.13. The molecule has 3 N–H and O–H groups in total. The summed E-state index contributed by atoms with van der Waals surface area (Å²) in [6, 6.07) is 14.5. The Labute approximate surface area is 190 Å². The van der Waals surface area contributed by atoms with Gasteiger partial charge in [0.2, 0.25) is 0 Å². The van der Waals surface area contributed by atoms with E-state index in [4.69, 9.17) is 19.9 Å². The number of H-pyrrole nitrogens is 1. The molecule has 0 saturated heterocycles. The van der Waals surface area contributed by atoms with Crippen LogP contribution in [0.4, 0.5) is 0 Å². The van der Waals surface area contributed by atoms with Crippen LogP contribution >= 0.6 is 0 Å². The molecule has 0 fully saturated rings. The molecule has 4 rings (SSSR count). The van der Waals surface area contributed by atoms with Gasteiger partial charge in [0, 0.05) is 19.7 Å². The van der Waals surface area contributed by atoms with Crippen LogP contribution in [0.25, 0.3) is 28.2 Å². The first-order chi connectivity index (χ1) is 15.9. The fourth-order valence-electron chi connectivity index (χ4n) is 3.48. The average Bonchev–Trinajstić information content (AvgIpc) is 3.14. The Morgan fingerprint density at radius 2 is 1.88 bits per heavy atom. The zero-order valence-corrected chi connectivity index (χ0v) is 18.8. The number of hydrogen-bond acceptors (Lipinski definition) is 7. The highest BCUT2D eigenvalue weighted by atomic mass is 16.5. The highest BCUT2D eigenvalue weighted by Crippen LogP contribution is 2.27. The minimum Gasteiger partial charge on any atom is -0.495 e. The summed E-state index contributed by atoms with van der Waals surface area (Å²) in [6.07, 6.45) is 0. The molecule has 10 heteroatoms. The predicted molar refractivity (Wildman–Crippen MR) is 126 cm³/mol. The van der Waals surface area contributed by atoms with Crippen molar-refractivity contribution in [3.63, 3.8) is 0 Å². The molecule has 0 amide bonds. The Hall–Kier alpha value is -4.18. The Morgan fingerprint density at radius 3 is 2.55 bits per heavy atom. The maximum atomic E-state index is 13.0. The molecule has 0 unspecified atom stereocenters. The van der Waals surface area contributed by atoms with Crippen molar-refractivity contribution in [3.05, 3.63) is 64.7 Å². The summed E-state index contributed by atoms with van der Waals surface area (Å²) in [7, 11) is 5.08. The van der Waals surface area contributed by atoms with Crippen LogP contribution in [-0.2, 0) is 0 Å². The van der Waals surface area contributed by atoms with E-state index in [0.29, 0.717) is 35.0 Å². The van der Waals surface area contributed by atoms with E-state index in [1.54, 1.807) is 38.3 Å². The summed E-state index contributed by atoms with van der Waals surface area (Å²) in [4.78, 5) is 25.2. The minimum absolute atomic E-state index is 0.0213. The molecule has 0 aliphatic carbocycles. The van der Waals surface area contributed by atoms with E-state index in [1.165, 1.54) is 4.57 Å². The SMILES string of the molecule is CCOc1ccc(-c2nc(C(=N)NN(C)C)c3[nH]c(=O)n(-c4ccccc4OC)c3n2)cc1. The molecular formula is C23H25N7O3. The van der Waals surface area contributed by atoms with Crippen molar-refractivity contribution in [1.29, 1.82) is 5.41 Å². The third-order valence-corrected chi connectivity index (χ3v) is 4.86. The number of benzene rings is 2. The maximum Gasteiger partial charge on any atom is 0.332 e. The molecule has 10 nitrogen and oxygen atoms in total. The predicted octanol–water partition coefficient (Wildman–Crippen LogP) is 2.57. The largest absolute Gasteiger partial charge is 0.495 e. The van der Waals surface area contributed by atoms with Crippen LogP contribution in [-0.4, -0.2) is 58.2 Å². The summed E-state index contributed by atoms with van der Waals surface area (Å²) in [5.74, 6) is 1.64. The molecule has 0 radical (unpaired) electrons. The summed E-state index contributed by atoms with van der Waals surface area (Å²) < 4.78 is 12.4. The van der Waals surface area contributed by atoms with Crippen LogP contribution in [0.1, 0.15) is 12.6 Å². The number of para-hydroxylation sites is 2. The van der Waals surface area contributed by atoms with Gasteiger partial charge in [0.25, 0.3) is 0 Å². The molecule has 2 aromatic heterocycles. The van der Waals surface area contributed by atoms with Crippen LogP contribution in [0, 0.1) is 5.41 Å². The maximum absolute atomic E-state index is 13.0. The van der Waals surface area contributed by atoms with Gasteiger partial charge in [-0.25, -0.2) is 24.3 Å². The van der Waals surface area contributed by atoms with E-state index in [1.807, 2.05) is 43.3 Å². The lowest BCUT2D eigenvalue weighted by atomic mass is 10.2. The van der Waals surface area contributed by atoms with E-state index < -0.39 is 5.69 Å². The van der Waals surface area contributed by atoms with Crippen molar-refractivity contribution in [2.24, 2.45) is 0 Å². The zero-order chi connectivity index (χ0) is 23.5. The van der Waals surface area contributed by atoms with Gasteiger partial charge in [0.1, 0.15) is 22.7 Å². The highest BCUT2D eigenvalue weighted by Gasteiger charge is 2.21. The Morgan fingerprint density at radius 1 is 1.15 bits per heavy atom. The van der Waals surface area contributed by atoms with E-state index in [9.17, 15) is 4.79 Å². The highest BCUT2D eigenvalue weighted by molar-refractivity contribution is 6.04. The van der Waals surface area contributed by atoms with Gasteiger partial charge in [-0.15, -0.1) is 0 Å². The van der Waals surface area contributed by atoms with E-state index in [-0.39, 0.29) is 11.5 Å². The number of hydrogen-bond donors (Lipinski definition) is 3. The fourth-order valence-corrected chi connectivity index (χ4v) is 3.48. The number of rotatable bonds is 7. The monoisotopic (exact) mass is 447 g/mol. The number of aromatic nitrogens is 4. The van der Waals surface area contributed by atoms with Gasteiger partial charge in [0.15, 0.2) is 17.3 Å². The molecule has 0 spiro atoms. The van der Waals surface area contributed by atoms with Gasteiger partial charge in [-0.05, 0) is 43.3 Å². The smallest absolute Gasteiger partial charge is 0.332 e. The molecule has 0 aliphatic rings. The van der Waals surface area contributed by atoms with Crippen molar-refractivity contribution in [1.82, 2.24) is 30.0 Å². The van der Waals surface area contributed by atoms with Crippen molar-refractivity contribution < 1.29 is 9.47 Å². The third-order valence-electron chi connectivity index (χ3n) is 4.86. The number of nitrogens with one attached hydrogen (secondary N) is 3. The van der Waals surface area contributed by atoms with Gasteiger partial charge in [0.05, 0.1) is 19.4 Å². The molecule has 0 aliphatic heterocycles. The molecule has 2 heterocycles. The second-order valence-electron chi connectivity index (χ2n) is 7.37. The number of hydrazine groups is 1. The molecule has 33 heavy (non-hydrogen) atoms. The lowest BCUT2D eigenvalue weighted by molar-refractivity contribution is 0.340. The number of fused-ring (bicyclic) bond motifs is 1. The van der Waals surface area contributed by atoms with Crippen molar-refractivity contribution >= 4 is 17.0 Å². The van der Waals surface area contributed by atoms with Crippen molar-refractivity contribution in [3.8, 4) is 28.6 Å². The van der Waals surface area contributed by atoms with Crippen LogP contribution in [0.5, 0.6) is 11.5 Å². The molecule has 4 aromatic rings.